The second-order valence-corrected chi connectivity index (χ2v) is 6.58. The van der Waals surface area contributed by atoms with E-state index < -0.39 is 0 Å². The predicted octanol–water partition coefficient (Wildman–Crippen LogP) is 4.92. The molecule has 0 spiro atoms. The van der Waals surface area contributed by atoms with Gasteiger partial charge in [0.25, 0.3) is 0 Å². The van der Waals surface area contributed by atoms with Gasteiger partial charge in [-0.3, -0.25) is 0 Å². The Kier molecular flexibility index (Phi) is 4.95. The van der Waals surface area contributed by atoms with Crippen LogP contribution in [-0.4, -0.2) is 7.05 Å². The highest BCUT2D eigenvalue weighted by Crippen LogP contribution is 2.32. The number of halogens is 3. The van der Waals surface area contributed by atoms with Crippen LogP contribution in [0.1, 0.15) is 16.5 Å². The summed E-state index contributed by atoms with van der Waals surface area (Å²) in [6, 6.07) is 7.04. The fourth-order valence-electron chi connectivity index (χ4n) is 1.85. The molecule has 0 radical (unpaired) electrons. The SMILES string of the molecule is CNC(Cc1sccc1Br)c1c(F)cccc1Br. The molecule has 1 heterocycles. The van der Waals surface area contributed by atoms with Crippen LogP contribution in [0.25, 0.3) is 0 Å². The lowest BCUT2D eigenvalue weighted by Gasteiger charge is -2.18. The topological polar surface area (TPSA) is 12.0 Å². The highest BCUT2D eigenvalue weighted by atomic mass is 79.9. The van der Waals surface area contributed by atoms with Crippen molar-refractivity contribution < 1.29 is 4.39 Å². The Bertz CT molecular complexity index is 521. The second kappa shape index (κ2) is 6.28. The van der Waals surface area contributed by atoms with Crippen LogP contribution < -0.4 is 5.32 Å². The summed E-state index contributed by atoms with van der Waals surface area (Å²) >= 11 is 8.61. The fourth-order valence-corrected chi connectivity index (χ4v) is 4.03. The van der Waals surface area contributed by atoms with Crippen LogP contribution in [0.15, 0.2) is 38.6 Å². The molecule has 1 aromatic heterocycles. The Labute approximate surface area is 127 Å². The third-order valence-electron chi connectivity index (χ3n) is 2.78. The lowest BCUT2D eigenvalue weighted by atomic mass is 10.0. The highest BCUT2D eigenvalue weighted by molar-refractivity contribution is 9.10. The summed E-state index contributed by atoms with van der Waals surface area (Å²) in [6.45, 7) is 0. The van der Waals surface area contributed by atoms with E-state index in [0.29, 0.717) is 5.56 Å². The number of hydrogen-bond donors (Lipinski definition) is 1. The lowest BCUT2D eigenvalue weighted by molar-refractivity contribution is 0.533. The van der Waals surface area contributed by atoms with E-state index in [0.717, 1.165) is 15.4 Å². The molecule has 0 aliphatic carbocycles. The van der Waals surface area contributed by atoms with Crippen molar-refractivity contribution in [2.75, 3.05) is 7.05 Å². The first-order chi connectivity index (χ1) is 8.63. The van der Waals surface area contributed by atoms with Gasteiger partial charge in [0.2, 0.25) is 0 Å². The van der Waals surface area contributed by atoms with Crippen LogP contribution in [0.5, 0.6) is 0 Å². The molecule has 1 aromatic carbocycles. The van der Waals surface area contributed by atoms with Crippen LogP contribution in [-0.2, 0) is 6.42 Å². The van der Waals surface area contributed by atoms with E-state index in [1.807, 2.05) is 24.6 Å². The maximum Gasteiger partial charge on any atom is 0.129 e. The van der Waals surface area contributed by atoms with Crippen LogP contribution in [0.2, 0.25) is 0 Å². The molecule has 2 aromatic rings. The van der Waals surface area contributed by atoms with Crippen LogP contribution in [0, 0.1) is 5.82 Å². The molecule has 18 heavy (non-hydrogen) atoms. The van der Waals surface area contributed by atoms with Crippen molar-refractivity contribution in [3.63, 3.8) is 0 Å². The monoisotopic (exact) mass is 391 g/mol. The van der Waals surface area contributed by atoms with E-state index in [1.165, 1.54) is 10.9 Å². The van der Waals surface area contributed by atoms with Gasteiger partial charge in [-0.25, -0.2) is 4.39 Å². The molecule has 0 saturated heterocycles. The summed E-state index contributed by atoms with van der Waals surface area (Å²) in [5.41, 5.74) is 0.681. The molecule has 0 aliphatic rings. The number of benzene rings is 1. The number of thiophene rings is 1. The molecule has 0 aliphatic heterocycles. The van der Waals surface area contributed by atoms with Crippen LogP contribution in [0.4, 0.5) is 4.39 Å². The summed E-state index contributed by atoms with van der Waals surface area (Å²) in [5, 5.41) is 5.21. The molecular formula is C13H12Br2FNS. The maximum atomic E-state index is 13.9. The maximum absolute atomic E-state index is 13.9. The highest BCUT2D eigenvalue weighted by Gasteiger charge is 2.19. The van der Waals surface area contributed by atoms with Crippen LogP contribution >= 0.6 is 43.2 Å². The molecule has 1 N–H and O–H groups in total. The first-order valence-electron chi connectivity index (χ1n) is 5.46. The van der Waals surface area contributed by atoms with Gasteiger partial charge in [0.15, 0.2) is 0 Å². The van der Waals surface area contributed by atoms with Crippen molar-refractivity contribution >= 4 is 43.2 Å². The molecule has 1 unspecified atom stereocenters. The van der Waals surface area contributed by atoms with E-state index in [2.05, 4.69) is 37.2 Å². The third-order valence-corrected chi connectivity index (χ3v) is 5.42. The zero-order chi connectivity index (χ0) is 13.1. The van der Waals surface area contributed by atoms with Gasteiger partial charge in [-0.2, -0.15) is 0 Å². The summed E-state index contributed by atoms with van der Waals surface area (Å²) < 4.78 is 15.8. The quantitative estimate of drug-likeness (QED) is 0.778. The zero-order valence-electron chi connectivity index (χ0n) is 9.71. The minimum atomic E-state index is -0.184. The number of likely N-dealkylation sites (N-methyl/N-ethyl adjacent to an activating group) is 1. The Morgan fingerprint density at radius 1 is 1.28 bits per heavy atom. The largest absolute Gasteiger partial charge is 0.313 e. The van der Waals surface area contributed by atoms with Gasteiger partial charge in [0.05, 0.1) is 0 Å². The van der Waals surface area contributed by atoms with Gasteiger partial charge < -0.3 is 5.32 Å². The van der Waals surface area contributed by atoms with Crippen molar-refractivity contribution in [3.8, 4) is 0 Å². The third kappa shape index (κ3) is 3.02. The average Bonchev–Trinajstić information content (AvgIpc) is 2.73. The average molecular weight is 393 g/mol. The number of nitrogens with one attached hydrogen (secondary N) is 1. The first-order valence-corrected chi connectivity index (χ1v) is 7.93. The Hall–Kier alpha value is -0.230. The molecule has 1 atom stereocenters. The lowest BCUT2D eigenvalue weighted by Crippen LogP contribution is -2.20. The van der Waals surface area contributed by atoms with Crippen molar-refractivity contribution in [1.82, 2.24) is 5.32 Å². The molecule has 0 fully saturated rings. The molecule has 1 nitrogen and oxygen atoms in total. The van der Waals surface area contributed by atoms with E-state index in [4.69, 9.17) is 0 Å². The van der Waals surface area contributed by atoms with E-state index in [9.17, 15) is 4.39 Å². The Morgan fingerprint density at radius 2 is 2.06 bits per heavy atom. The zero-order valence-corrected chi connectivity index (χ0v) is 13.7. The predicted molar refractivity (Wildman–Crippen MR) is 81.6 cm³/mol. The Balaban J connectivity index is 2.32. The molecule has 2 rings (SSSR count). The standard InChI is InChI=1S/C13H12Br2FNS/c1-17-11(7-12-8(14)5-6-18-12)13-9(15)3-2-4-10(13)16/h2-6,11,17H,7H2,1H3. The number of rotatable bonds is 4. The van der Waals surface area contributed by atoms with Gasteiger partial charge in [-0.15, -0.1) is 11.3 Å². The van der Waals surface area contributed by atoms with E-state index >= 15 is 0 Å². The van der Waals surface area contributed by atoms with Crippen molar-refractivity contribution in [2.24, 2.45) is 0 Å². The van der Waals surface area contributed by atoms with Crippen molar-refractivity contribution in [3.05, 3.63) is 54.8 Å². The van der Waals surface area contributed by atoms with Gasteiger partial charge in [0, 0.05) is 31.8 Å². The molecule has 0 saturated carbocycles. The molecular weight excluding hydrogens is 381 g/mol. The first kappa shape index (κ1) is 14.2. The molecule has 0 amide bonds. The molecule has 5 heteroatoms. The van der Waals surface area contributed by atoms with E-state index in [1.54, 1.807) is 17.4 Å². The fraction of sp³-hybridized carbons (Fsp3) is 0.231. The second-order valence-electron chi connectivity index (χ2n) is 3.87. The van der Waals surface area contributed by atoms with E-state index in [-0.39, 0.29) is 11.9 Å². The molecule has 96 valence electrons. The van der Waals surface area contributed by atoms with Crippen molar-refractivity contribution in [1.29, 1.82) is 0 Å². The number of hydrogen-bond acceptors (Lipinski definition) is 2. The van der Waals surface area contributed by atoms with Crippen LogP contribution in [0.3, 0.4) is 0 Å². The summed E-state index contributed by atoms with van der Waals surface area (Å²) in [4.78, 5) is 1.21. The summed E-state index contributed by atoms with van der Waals surface area (Å²) in [7, 11) is 1.85. The van der Waals surface area contributed by atoms with Gasteiger partial charge >= 0.3 is 0 Å². The minimum Gasteiger partial charge on any atom is -0.313 e. The smallest absolute Gasteiger partial charge is 0.129 e. The van der Waals surface area contributed by atoms with Gasteiger partial charge in [0.1, 0.15) is 5.82 Å². The van der Waals surface area contributed by atoms with Gasteiger partial charge in [-0.1, -0.05) is 22.0 Å². The molecule has 0 bridgehead atoms. The minimum absolute atomic E-state index is 0.0458. The summed E-state index contributed by atoms with van der Waals surface area (Å²) in [6.07, 6.45) is 0.758. The Morgan fingerprint density at radius 3 is 2.61 bits per heavy atom. The summed E-state index contributed by atoms with van der Waals surface area (Å²) in [5.74, 6) is -0.184. The van der Waals surface area contributed by atoms with Crippen molar-refractivity contribution in [2.45, 2.75) is 12.5 Å². The van der Waals surface area contributed by atoms with Gasteiger partial charge in [-0.05, 0) is 46.6 Å². The normalized spacial score (nSPS) is 12.7.